The molecule has 7 N–H and O–H groups in total. The van der Waals surface area contributed by atoms with E-state index in [0.29, 0.717) is 5.56 Å². The zero-order chi connectivity index (χ0) is 18.4. The van der Waals surface area contributed by atoms with E-state index in [1.807, 2.05) is 6.07 Å². The van der Waals surface area contributed by atoms with Gasteiger partial charge < -0.3 is 25.5 Å². The van der Waals surface area contributed by atoms with Gasteiger partial charge in [0.15, 0.2) is 0 Å². The van der Waals surface area contributed by atoms with E-state index in [4.69, 9.17) is 0 Å². The van der Waals surface area contributed by atoms with Crippen LogP contribution in [0.15, 0.2) is 12.1 Å². The Kier molecular flexibility index (Phi) is 7.59. The van der Waals surface area contributed by atoms with E-state index in [1.165, 1.54) is 13.8 Å². The van der Waals surface area contributed by atoms with Gasteiger partial charge in [0.2, 0.25) is 11.8 Å². The summed E-state index contributed by atoms with van der Waals surface area (Å²) in [5, 5.41) is 53.1. The Morgan fingerprint density at radius 1 is 0.875 bits per heavy atom. The van der Waals surface area contributed by atoms with Crippen molar-refractivity contribution < 1.29 is 25.5 Å². The second-order valence-electron chi connectivity index (χ2n) is 6.41. The minimum Gasteiger partial charge on any atom is -0.508 e. The van der Waals surface area contributed by atoms with Crippen molar-refractivity contribution >= 4 is 0 Å². The van der Waals surface area contributed by atoms with Gasteiger partial charge in [0, 0.05) is 32.5 Å². The Labute approximate surface area is 143 Å². The number of phenolic OH excluding ortho intramolecular Hbond substituents is 1. The highest BCUT2D eigenvalue weighted by atomic mass is 16.5. The lowest BCUT2D eigenvalue weighted by molar-refractivity contribution is -0.172. The molecule has 0 bridgehead atoms. The number of aromatic hydroxyl groups is 1. The topological polar surface area (TPSA) is 125 Å². The molecule has 138 valence electrons. The number of benzene rings is 1. The fraction of sp³-hybridized carbons (Fsp3) is 0.647. The van der Waals surface area contributed by atoms with Crippen molar-refractivity contribution in [3.05, 3.63) is 28.8 Å². The number of phenols is 1. The normalized spacial score (nSPS) is 12.6. The maximum Gasteiger partial charge on any atom is 0.219 e. The summed E-state index contributed by atoms with van der Waals surface area (Å²) < 4.78 is 0. The molecule has 0 fully saturated rings. The van der Waals surface area contributed by atoms with E-state index in [-0.39, 0.29) is 18.8 Å². The van der Waals surface area contributed by atoms with Gasteiger partial charge in [0.25, 0.3) is 0 Å². The highest BCUT2D eigenvalue weighted by Crippen LogP contribution is 2.27. The number of nitrogens with one attached hydrogen (secondary N) is 2. The van der Waals surface area contributed by atoms with Crippen molar-refractivity contribution in [1.29, 1.82) is 0 Å². The van der Waals surface area contributed by atoms with Crippen molar-refractivity contribution in [2.75, 3.05) is 0 Å². The van der Waals surface area contributed by atoms with E-state index < -0.39 is 11.8 Å². The fourth-order valence-electron chi connectivity index (χ4n) is 2.46. The minimum absolute atomic E-state index is 0.0142. The third-order valence-electron chi connectivity index (χ3n) is 3.75. The van der Waals surface area contributed by atoms with Crippen molar-refractivity contribution in [3.8, 4) is 5.75 Å². The van der Waals surface area contributed by atoms with E-state index in [2.05, 4.69) is 17.6 Å². The molecule has 0 radical (unpaired) electrons. The average Bonchev–Trinajstić information content (AvgIpc) is 2.44. The van der Waals surface area contributed by atoms with Crippen molar-refractivity contribution in [2.45, 2.75) is 71.4 Å². The first-order valence-electron chi connectivity index (χ1n) is 8.25. The number of hydrogen-bond donors (Lipinski definition) is 7. The average molecular weight is 342 g/mol. The maximum atomic E-state index is 10.2. The monoisotopic (exact) mass is 342 g/mol. The zero-order valence-electron chi connectivity index (χ0n) is 14.6. The third kappa shape index (κ3) is 7.57. The van der Waals surface area contributed by atoms with Crippen molar-refractivity contribution in [3.63, 3.8) is 0 Å². The van der Waals surface area contributed by atoms with Gasteiger partial charge in [-0.25, -0.2) is 0 Å². The molecule has 7 heteroatoms. The van der Waals surface area contributed by atoms with Gasteiger partial charge in [0.05, 0.1) is 0 Å². The van der Waals surface area contributed by atoms with Crippen LogP contribution >= 0.6 is 0 Å². The molecule has 0 spiro atoms. The van der Waals surface area contributed by atoms with Gasteiger partial charge in [-0.1, -0.05) is 25.8 Å². The Bertz CT molecular complexity index is 521. The van der Waals surface area contributed by atoms with Gasteiger partial charge in [-0.3, -0.25) is 10.6 Å². The van der Waals surface area contributed by atoms with Gasteiger partial charge in [-0.05, 0) is 30.0 Å². The van der Waals surface area contributed by atoms with Crippen LogP contribution in [0.25, 0.3) is 0 Å². The van der Waals surface area contributed by atoms with Crippen molar-refractivity contribution in [2.24, 2.45) is 0 Å². The van der Waals surface area contributed by atoms with Crippen LogP contribution in [-0.2, 0) is 19.5 Å². The molecule has 0 unspecified atom stereocenters. The van der Waals surface area contributed by atoms with Crippen molar-refractivity contribution in [1.82, 2.24) is 10.6 Å². The lowest BCUT2D eigenvalue weighted by Crippen LogP contribution is -2.43. The van der Waals surface area contributed by atoms with Crippen LogP contribution in [-0.4, -0.2) is 37.4 Å². The smallest absolute Gasteiger partial charge is 0.219 e. The molecule has 0 aromatic heterocycles. The first-order valence-corrected chi connectivity index (χ1v) is 8.25. The number of hydrogen-bond acceptors (Lipinski definition) is 7. The highest BCUT2D eigenvalue weighted by Gasteiger charge is 2.20. The molecule has 0 amide bonds. The molecule has 0 aliphatic carbocycles. The van der Waals surface area contributed by atoms with Crippen LogP contribution in [0.5, 0.6) is 5.75 Å². The summed E-state index contributed by atoms with van der Waals surface area (Å²) in [5.41, 5.74) is 2.19. The summed E-state index contributed by atoms with van der Waals surface area (Å²) in [6.07, 6.45) is 3.93. The molecule has 0 saturated heterocycles. The van der Waals surface area contributed by atoms with Crippen LogP contribution in [0.4, 0.5) is 0 Å². The van der Waals surface area contributed by atoms with Gasteiger partial charge in [-0.2, -0.15) is 0 Å². The predicted octanol–water partition coefficient (Wildman–Crippen LogP) is 0.621. The highest BCUT2D eigenvalue weighted by molar-refractivity contribution is 5.44. The quantitative estimate of drug-likeness (QED) is 0.245. The van der Waals surface area contributed by atoms with E-state index in [9.17, 15) is 25.5 Å². The summed E-state index contributed by atoms with van der Waals surface area (Å²) in [7, 11) is 0. The van der Waals surface area contributed by atoms with E-state index in [1.54, 1.807) is 6.07 Å². The number of rotatable bonds is 10. The molecule has 0 heterocycles. The Hall–Kier alpha value is -1.22. The number of unbranched alkanes of at least 4 members (excludes halogenated alkanes) is 2. The lowest BCUT2D eigenvalue weighted by Gasteiger charge is -2.24. The van der Waals surface area contributed by atoms with E-state index >= 15 is 0 Å². The van der Waals surface area contributed by atoms with E-state index in [0.717, 1.165) is 36.8 Å². The molecule has 0 aliphatic heterocycles. The largest absolute Gasteiger partial charge is 0.508 e. The number of aryl methyl sites for hydroxylation is 1. The molecule has 24 heavy (non-hydrogen) atoms. The molecule has 1 aromatic carbocycles. The fourth-order valence-corrected chi connectivity index (χ4v) is 2.46. The molecule has 1 aromatic rings. The number of aliphatic hydroxyl groups is 4. The van der Waals surface area contributed by atoms with Crippen LogP contribution in [0.2, 0.25) is 0 Å². The first kappa shape index (κ1) is 20.8. The van der Waals surface area contributed by atoms with Crippen LogP contribution in [0.1, 0.15) is 56.7 Å². The van der Waals surface area contributed by atoms with Crippen LogP contribution < -0.4 is 10.6 Å². The summed E-state index contributed by atoms with van der Waals surface area (Å²) >= 11 is 0. The summed E-state index contributed by atoms with van der Waals surface area (Å²) in [6, 6.07) is 3.39. The second-order valence-corrected chi connectivity index (χ2v) is 6.41. The Morgan fingerprint density at radius 3 is 1.92 bits per heavy atom. The summed E-state index contributed by atoms with van der Waals surface area (Å²) in [4.78, 5) is 0. The molecule has 7 nitrogen and oxygen atoms in total. The maximum absolute atomic E-state index is 10.2. The zero-order valence-corrected chi connectivity index (χ0v) is 14.6. The van der Waals surface area contributed by atoms with Crippen LogP contribution in [0, 0.1) is 0 Å². The standard InChI is InChI=1S/C17H30N2O5/c1-4-5-6-7-12-8-9-15(20)14(11-19-17(3,23)24)13(12)10-18-16(2,21)22/h8-9,18-24H,4-7,10-11H2,1-3H3. The van der Waals surface area contributed by atoms with Gasteiger partial charge >= 0.3 is 0 Å². The van der Waals surface area contributed by atoms with Gasteiger partial charge in [-0.15, -0.1) is 0 Å². The SMILES string of the molecule is CCCCCc1ccc(O)c(CNC(C)(O)O)c1CNC(C)(O)O. The molecule has 0 saturated carbocycles. The Balaban J connectivity index is 3.08. The lowest BCUT2D eigenvalue weighted by atomic mass is 9.95. The molecular formula is C17H30N2O5. The summed E-state index contributed by atoms with van der Waals surface area (Å²) in [5.74, 6) is -4.10. The molecular weight excluding hydrogens is 312 g/mol. The molecule has 1 rings (SSSR count). The molecule has 0 aliphatic rings. The third-order valence-corrected chi connectivity index (χ3v) is 3.75. The minimum atomic E-state index is -2.07. The summed E-state index contributed by atoms with van der Waals surface area (Å²) in [6.45, 7) is 4.67. The molecule has 0 atom stereocenters. The Morgan fingerprint density at radius 2 is 1.42 bits per heavy atom. The second kappa shape index (κ2) is 8.75. The van der Waals surface area contributed by atoms with Crippen LogP contribution in [0.3, 0.4) is 0 Å². The predicted molar refractivity (Wildman–Crippen MR) is 90.7 cm³/mol. The van der Waals surface area contributed by atoms with Gasteiger partial charge in [0.1, 0.15) is 5.75 Å². The first-order chi connectivity index (χ1) is 11.0.